The summed E-state index contributed by atoms with van der Waals surface area (Å²) in [6.45, 7) is 2.23. The molecule has 4 rings (SSSR count). The Morgan fingerprint density at radius 3 is 2.96 bits per heavy atom. The predicted molar refractivity (Wildman–Crippen MR) is 83.0 cm³/mol. The minimum absolute atomic E-state index is 0.0501. The number of likely N-dealkylation sites (tertiary alicyclic amines) is 1. The summed E-state index contributed by atoms with van der Waals surface area (Å²) in [6.07, 6.45) is 6.67. The number of hydrogen-bond donors (Lipinski definition) is 0. The minimum Gasteiger partial charge on any atom is -0.454 e. The van der Waals surface area contributed by atoms with E-state index < -0.39 is 0 Å². The number of halogens is 1. The van der Waals surface area contributed by atoms with Crippen molar-refractivity contribution in [2.24, 2.45) is 5.92 Å². The van der Waals surface area contributed by atoms with Crippen molar-refractivity contribution in [1.29, 1.82) is 0 Å². The Hall–Kier alpha value is -2.30. The summed E-state index contributed by atoms with van der Waals surface area (Å²) in [5.74, 6) is 1.05. The number of carbonyl (C=O) groups is 1. The van der Waals surface area contributed by atoms with Gasteiger partial charge >= 0.3 is 0 Å². The number of carbonyl (C=O) groups excluding carboxylic acids is 1. The number of fused-ring (bicyclic) bond motifs is 2. The minimum atomic E-state index is -0.212. The van der Waals surface area contributed by atoms with Gasteiger partial charge in [-0.15, -0.1) is 0 Å². The Bertz CT molecular complexity index is 712. The zero-order chi connectivity index (χ0) is 16.0. The predicted octanol–water partition coefficient (Wildman–Crippen LogP) is 3.45. The fourth-order valence-corrected chi connectivity index (χ4v) is 3.63. The van der Waals surface area contributed by atoms with Crippen LogP contribution in [0, 0.1) is 5.92 Å². The number of hydrogen-bond acceptors (Lipinski definition) is 3. The van der Waals surface area contributed by atoms with E-state index in [-0.39, 0.29) is 36.5 Å². The van der Waals surface area contributed by atoms with E-state index in [1.807, 2.05) is 11.8 Å². The number of benzene rings is 1. The van der Waals surface area contributed by atoms with Gasteiger partial charge in [0, 0.05) is 17.5 Å². The topological polar surface area (TPSA) is 38.8 Å². The molecular formula is C18H18FNO3. The molecule has 1 amide bonds. The van der Waals surface area contributed by atoms with Crippen LogP contribution >= 0.6 is 0 Å². The summed E-state index contributed by atoms with van der Waals surface area (Å²) >= 11 is 0. The number of rotatable bonds is 1. The van der Waals surface area contributed by atoms with Gasteiger partial charge in [-0.3, -0.25) is 4.79 Å². The summed E-state index contributed by atoms with van der Waals surface area (Å²) in [6, 6.07) is 5.28. The average Bonchev–Trinajstić information content (AvgIpc) is 3.02. The van der Waals surface area contributed by atoms with Gasteiger partial charge in [-0.05, 0) is 50.1 Å². The van der Waals surface area contributed by atoms with E-state index in [4.69, 9.17) is 9.47 Å². The molecule has 1 saturated heterocycles. The molecule has 3 unspecified atom stereocenters. The van der Waals surface area contributed by atoms with E-state index in [1.54, 1.807) is 30.4 Å². The molecule has 2 aliphatic heterocycles. The van der Waals surface area contributed by atoms with Crippen molar-refractivity contribution in [2.45, 2.75) is 31.8 Å². The lowest BCUT2D eigenvalue weighted by Gasteiger charge is -2.44. The van der Waals surface area contributed by atoms with Crippen LogP contribution in [-0.4, -0.2) is 29.7 Å². The van der Waals surface area contributed by atoms with Crippen molar-refractivity contribution in [3.63, 3.8) is 0 Å². The molecule has 1 aliphatic carbocycles. The number of amides is 1. The molecule has 120 valence electrons. The third kappa shape index (κ3) is 2.40. The van der Waals surface area contributed by atoms with Gasteiger partial charge in [-0.2, -0.15) is 0 Å². The van der Waals surface area contributed by atoms with Gasteiger partial charge in [0.25, 0.3) is 5.91 Å². The molecule has 0 spiro atoms. The highest BCUT2D eigenvalue weighted by Crippen LogP contribution is 2.37. The van der Waals surface area contributed by atoms with Crippen LogP contribution in [0.15, 0.2) is 42.3 Å². The lowest BCUT2D eigenvalue weighted by Crippen LogP contribution is -2.52. The maximum Gasteiger partial charge on any atom is 0.254 e. The third-order valence-corrected chi connectivity index (χ3v) is 4.83. The molecule has 1 aromatic carbocycles. The van der Waals surface area contributed by atoms with Crippen molar-refractivity contribution in [3.05, 3.63) is 47.8 Å². The van der Waals surface area contributed by atoms with Crippen LogP contribution in [0.3, 0.4) is 0 Å². The van der Waals surface area contributed by atoms with Gasteiger partial charge in [0.15, 0.2) is 11.5 Å². The smallest absolute Gasteiger partial charge is 0.254 e. The summed E-state index contributed by atoms with van der Waals surface area (Å²) < 4.78 is 24.1. The normalized spacial score (nSPS) is 28.3. The van der Waals surface area contributed by atoms with E-state index in [0.29, 0.717) is 17.1 Å². The van der Waals surface area contributed by atoms with E-state index in [2.05, 4.69) is 0 Å². The highest BCUT2D eigenvalue weighted by molar-refractivity contribution is 5.95. The van der Waals surface area contributed by atoms with Crippen molar-refractivity contribution in [3.8, 4) is 11.5 Å². The maximum absolute atomic E-state index is 13.5. The molecule has 0 N–H and O–H groups in total. The Labute approximate surface area is 134 Å². The van der Waals surface area contributed by atoms with Gasteiger partial charge in [0.2, 0.25) is 6.79 Å². The van der Waals surface area contributed by atoms with Crippen LogP contribution in [0.2, 0.25) is 0 Å². The Balaban J connectivity index is 1.65. The van der Waals surface area contributed by atoms with E-state index in [0.717, 1.165) is 12.8 Å². The van der Waals surface area contributed by atoms with Crippen molar-refractivity contribution >= 4 is 5.91 Å². The van der Waals surface area contributed by atoms with E-state index in [1.165, 1.54) is 6.08 Å². The van der Waals surface area contributed by atoms with Crippen LogP contribution in [0.5, 0.6) is 11.5 Å². The molecule has 1 aromatic rings. The second kappa shape index (κ2) is 5.41. The summed E-state index contributed by atoms with van der Waals surface area (Å²) in [4.78, 5) is 14.9. The Morgan fingerprint density at radius 2 is 2.09 bits per heavy atom. The van der Waals surface area contributed by atoms with Crippen LogP contribution in [-0.2, 0) is 0 Å². The molecule has 23 heavy (non-hydrogen) atoms. The zero-order valence-corrected chi connectivity index (χ0v) is 12.9. The molecule has 0 radical (unpaired) electrons. The maximum atomic E-state index is 13.5. The number of ether oxygens (including phenoxy) is 2. The molecular weight excluding hydrogens is 297 g/mol. The lowest BCUT2D eigenvalue weighted by molar-refractivity contribution is 0.0474. The zero-order valence-electron chi connectivity index (χ0n) is 12.9. The molecule has 5 heteroatoms. The van der Waals surface area contributed by atoms with Crippen molar-refractivity contribution in [1.82, 2.24) is 4.90 Å². The number of nitrogens with zero attached hydrogens (tertiary/aromatic N) is 1. The Kier molecular flexibility index (Phi) is 3.36. The monoisotopic (exact) mass is 315 g/mol. The summed E-state index contributed by atoms with van der Waals surface area (Å²) in [5.41, 5.74) is 0.574. The molecule has 4 nitrogen and oxygen atoms in total. The molecule has 0 saturated carbocycles. The first kappa shape index (κ1) is 14.3. The first-order valence-electron chi connectivity index (χ1n) is 7.91. The second-order valence-electron chi connectivity index (χ2n) is 6.27. The Morgan fingerprint density at radius 1 is 1.26 bits per heavy atom. The highest BCUT2D eigenvalue weighted by Gasteiger charge is 2.38. The third-order valence-electron chi connectivity index (χ3n) is 4.83. The summed E-state index contributed by atoms with van der Waals surface area (Å²) in [7, 11) is 0. The fraction of sp³-hybridized carbons (Fsp3) is 0.389. The van der Waals surface area contributed by atoms with E-state index in [9.17, 15) is 9.18 Å². The van der Waals surface area contributed by atoms with Gasteiger partial charge < -0.3 is 14.4 Å². The van der Waals surface area contributed by atoms with Gasteiger partial charge in [0.05, 0.1) is 6.04 Å². The highest BCUT2D eigenvalue weighted by atomic mass is 19.1. The lowest BCUT2D eigenvalue weighted by atomic mass is 9.82. The van der Waals surface area contributed by atoms with Crippen LogP contribution in [0.25, 0.3) is 0 Å². The largest absolute Gasteiger partial charge is 0.454 e. The van der Waals surface area contributed by atoms with Crippen LogP contribution in [0.1, 0.15) is 30.1 Å². The first-order chi connectivity index (χ1) is 11.1. The van der Waals surface area contributed by atoms with Crippen LogP contribution < -0.4 is 9.47 Å². The molecule has 3 aliphatic rings. The molecule has 1 fully saturated rings. The quantitative estimate of drug-likeness (QED) is 0.797. The fourth-order valence-electron chi connectivity index (χ4n) is 3.63. The molecule has 0 aromatic heterocycles. The summed E-state index contributed by atoms with van der Waals surface area (Å²) in [5, 5.41) is 0. The van der Waals surface area contributed by atoms with Gasteiger partial charge in [0.1, 0.15) is 5.83 Å². The van der Waals surface area contributed by atoms with Crippen LogP contribution in [0.4, 0.5) is 4.39 Å². The van der Waals surface area contributed by atoms with Crippen molar-refractivity contribution < 1.29 is 18.7 Å². The standard InChI is InChI=1S/C18H18FNO3/c1-11-2-3-12-8-14(19)5-6-15(12)20(11)18(21)13-4-7-16-17(9-13)23-10-22-16/h4-9,11-12,15H,2-3,10H2,1H3. The number of allylic oxidation sites excluding steroid dienone is 2. The first-order valence-corrected chi connectivity index (χ1v) is 7.91. The van der Waals surface area contributed by atoms with Gasteiger partial charge in [-0.25, -0.2) is 4.39 Å². The second-order valence-corrected chi connectivity index (χ2v) is 6.27. The SMILES string of the molecule is CC1CCC2C=C(F)C=CC2N1C(=O)c1ccc2c(c1)OCO2. The molecule has 0 bridgehead atoms. The number of piperidine rings is 1. The molecule has 3 atom stereocenters. The van der Waals surface area contributed by atoms with E-state index >= 15 is 0 Å². The van der Waals surface area contributed by atoms with Crippen molar-refractivity contribution in [2.75, 3.05) is 6.79 Å². The molecule has 2 heterocycles. The van der Waals surface area contributed by atoms with Gasteiger partial charge in [-0.1, -0.05) is 6.08 Å². The average molecular weight is 315 g/mol.